The zero-order chi connectivity index (χ0) is 11.1. The second kappa shape index (κ2) is 5.89. The Labute approximate surface area is 110 Å². The first-order valence-electron chi connectivity index (χ1n) is 4.77. The lowest BCUT2D eigenvalue weighted by molar-refractivity contribution is -0.141. The first-order valence-corrected chi connectivity index (χ1v) is 4.77. The third-order valence-corrected chi connectivity index (χ3v) is 2.59. The van der Waals surface area contributed by atoms with Crippen molar-refractivity contribution in [3.05, 3.63) is 29.6 Å². The summed E-state index contributed by atoms with van der Waals surface area (Å²) >= 11 is 0. The van der Waals surface area contributed by atoms with Crippen molar-refractivity contribution in [3.63, 3.8) is 0 Å². The maximum atomic E-state index is 12.2. The van der Waals surface area contributed by atoms with Crippen molar-refractivity contribution in [3.8, 4) is 0 Å². The minimum Gasteiger partial charge on any atom is -0.324 e. The van der Waals surface area contributed by atoms with Gasteiger partial charge in [-0.3, -0.25) is 4.98 Å². The SMILES string of the molecule is Cl.Cl.N[C@H](c1ccc(C(F)(F)F)nc1)C1CC1. The first-order chi connectivity index (χ1) is 6.98. The average Bonchev–Trinajstić information content (AvgIpc) is 2.99. The summed E-state index contributed by atoms with van der Waals surface area (Å²) in [6.45, 7) is 0. The van der Waals surface area contributed by atoms with Gasteiger partial charge in [0.2, 0.25) is 0 Å². The van der Waals surface area contributed by atoms with Gasteiger partial charge < -0.3 is 5.73 Å². The molecule has 7 heteroatoms. The van der Waals surface area contributed by atoms with Crippen molar-refractivity contribution in [2.24, 2.45) is 11.7 Å². The largest absolute Gasteiger partial charge is 0.433 e. The van der Waals surface area contributed by atoms with Crippen LogP contribution in [0.15, 0.2) is 18.3 Å². The van der Waals surface area contributed by atoms with Gasteiger partial charge in [0.1, 0.15) is 5.69 Å². The van der Waals surface area contributed by atoms with Crippen LogP contribution in [0.5, 0.6) is 0 Å². The number of hydrogen-bond acceptors (Lipinski definition) is 2. The summed E-state index contributed by atoms with van der Waals surface area (Å²) < 4.78 is 36.6. The van der Waals surface area contributed by atoms with E-state index < -0.39 is 11.9 Å². The van der Waals surface area contributed by atoms with Crippen LogP contribution in [-0.4, -0.2) is 4.98 Å². The van der Waals surface area contributed by atoms with Gasteiger partial charge in [-0.1, -0.05) is 6.07 Å². The molecule has 1 heterocycles. The lowest BCUT2D eigenvalue weighted by atomic mass is 10.1. The van der Waals surface area contributed by atoms with Crippen molar-refractivity contribution in [2.45, 2.75) is 25.1 Å². The van der Waals surface area contributed by atoms with Gasteiger partial charge in [0, 0.05) is 12.2 Å². The predicted octanol–water partition coefficient (Wildman–Crippen LogP) is 3.35. The highest BCUT2D eigenvalue weighted by Crippen LogP contribution is 2.39. The molecule has 1 atom stereocenters. The molecule has 2 N–H and O–H groups in total. The smallest absolute Gasteiger partial charge is 0.324 e. The lowest BCUT2D eigenvalue weighted by Crippen LogP contribution is -2.14. The summed E-state index contributed by atoms with van der Waals surface area (Å²) in [4.78, 5) is 3.38. The highest BCUT2D eigenvalue weighted by atomic mass is 35.5. The summed E-state index contributed by atoms with van der Waals surface area (Å²) in [5.41, 5.74) is 5.66. The van der Waals surface area contributed by atoms with Crippen molar-refractivity contribution in [1.29, 1.82) is 0 Å². The standard InChI is InChI=1S/C10H11F3N2.2ClH/c11-10(12,13)8-4-3-7(5-15-8)9(14)6-1-2-6;;/h3-6,9H,1-2,14H2;2*1H/t9-;;/m0../s1. The number of nitrogens with two attached hydrogens (primary N) is 1. The third kappa shape index (κ3) is 4.01. The topological polar surface area (TPSA) is 38.9 Å². The average molecular weight is 289 g/mol. The van der Waals surface area contributed by atoms with Gasteiger partial charge in [0.25, 0.3) is 0 Å². The summed E-state index contributed by atoms with van der Waals surface area (Å²) in [7, 11) is 0. The predicted molar refractivity (Wildman–Crippen MR) is 63.4 cm³/mol. The quantitative estimate of drug-likeness (QED) is 0.906. The van der Waals surface area contributed by atoms with Gasteiger partial charge in [0.05, 0.1) is 0 Å². The van der Waals surface area contributed by atoms with E-state index >= 15 is 0 Å². The number of pyridine rings is 1. The van der Waals surface area contributed by atoms with Gasteiger partial charge in [-0.25, -0.2) is 0 Å². The van der Waals surface area contributed by atoms with E-state index in [1.807, 2.05) is 0 Å². The molecule has 1 aliphatic rings. The Kier molecular flexibility index (Phi) is 5.71. The molecule has 1 saturated carbocycles. The number of aromatic nitrogens is 1. The molecule has 0 aliphatic heterocycles. The Morgan fingerprint density at radius 2 is 1.82 bits per heavy atom. The molecule has 2 nitrogen and oxygen atoms in total. The Balaban J connectivity index is 0.00000128. The lowest BCUT2D eigenvalue weighted by Gasteiger charge is -2.11. The third-order valence-electron chi connectivity index (χ3n) is 2.59. The van der Waals surface area contributed by atoms with Crippen LogP contribution in [-0.2, 0) is 6.18 Å². The fourth-order valence-electron chi connectivity index (χ4n) is 1.50. The summed E-state index contributed by atoms with van der Waals surface area (Å²) in [5, 5.41) is 0. The fraction of sp³-hybridized carbons (Fsp3) is 0.500. The Morgan fingerprint density at radius 3 is 2.18 bits per heavy atom. The number of rotatable bonds is 2. The summed E-state index contributed by atoms with van der Waals surface area (Å²) in [6, 6.07) is 2.23. The molecule has 2 rings (SSSR count). The van der Waals surface area contributed by atoms with Crippen molar-refractivity contribution < 1.29 is 13.2 Å². The second-order valence-corrected chi connectivity index (χ2v) is 3.84. The molecule has 1 fully saturated rings. The molecule has 0 spiro atoms. The van der Waals surface area contributed by atoms with Crippen molar-refractivity contribution >= 4 is 24.8 Å². The normalized spacial score (nSPS) is 16.7. The van der Waals surface area contributed by atoms with E-state index in [1.165, 1.54) is 12.3 Å². The number of nitrogens with zero attached hydrogens (tertiary/aromatic N) is 1. The van der Waals surface area contributed by atoms with Crippen LogP contribution in [0.25, 0.3) is 0 Å². The second-order valence-electron chi connectivity index (χ2n) is 3.84. The van der Waals surface area contributed by atoms with E-state index in [0.29, 0.717) is 11.5 Å². The van der Waals surface area contributed by atoms with E-state index in [2.05, 4.69) is 4.98 Å². The summed E-state index contributed by atoms with van der Waals surface area (Å²) in [5.74, 6) is 0.420. The molecule has 0 bridgehead atoms. The maximum Gasteiger partial charge on any atom is 0.433 e. The molecule has 0 unspecified atom stereocenters. The van der Waals surface area contributed by atoms with Crippen LogP contribution in [0.1, 0.15) is 30.1 Å². The van der Waals surface area contributed by atoms with Crippen LogP contribution in [0.2, 0.25) is 0 Å². The zero-order valence-corrected chi connectivity index (χ0v) is 10.4. The van der Waals surface area contributed by atoms with Gasteiger partial charge >= 0.3 is 6.18 Å². The van der Waals surface area contributed by atoms with Gasteiger partial charge in [0.15, 0.2) is 0 Å². The van der Waals surface area contributed by atoms with E-state index in [-0.39, 0.29) is 30.9 Å². The monoisotopic (exact) mass is 288 g/mol. The molecule has 17 heavy (non-hydrogen) atoms. The van der Waals surface area contributed by atoms with Gasteiger partial charge in [-0.05, 0) is 30.4 Å². The molecule has 0 aromatic carbocycles. The molecule has 1 aliphatic carbocycles. The van der Waals surface area contributed by atoms with Gasteiger partial charge in [-0.2, -0.15) is 13.2 Å². The molecule has 1 aromatic heterocycles. The van der Waals surface area contributed by atoms with Crippen LogP contribution in [0.4, 0.5) is 13.2 Å². The van der Waals surface area contributed by atoms with E-state index in [4.69, 9.17) is 5.73 Å². The van der Waals surface area contributed by atoms with Crippen LogP contribution in [0, 0.1) is 5.92 Å². The first kappa shape index (κ1) is 16.5. The van der Waals surface area contributed by atoms with Crippen LogP contribution in [0.3, 0.4) is 0 Å². The van der Waals surface area contributed by atoms with E-state index in [0.717, 1.165) is 18.9 Å². The van der Waals surface area contributed by atoms with Crippen molar-refractivity contribution in [1.82, 2.24) is 4.98 Å². The highest BCUT2D eigenvalue weighted by molar-refractivity contribution is 5.85. The Morgan fingerprint density at radius 1 is 1.24 bits per heavy atom. The Bertz CT molecular complexity index is 350. The fourth-order valence-corrected chi connectivity index (χ4v) is 1.50. The molecule has 0 radical (unpaired) electrons. The highest BCUT2D eigenvalue weighted by Gasteiger charge is 2.33. The van der Waals surface area contributed by atoms with Gasteiger partial charge in [-0.15, -0.1) is 24.8 Å². The molecular formula is C10H13Cl2F3N2. The molecule has 0 amide bonds. The van der Waals surface area contributed by atoms with E-state index in [1.54, 1.807) is 0 Å². The zero-order valence-electron chi connectivity index (χ0n) is 8.78. The molecule has 98 valence electrons. The molecule has 1 aromatic rings. The van der Waals surface area contributed by atoms with Crippen LogP contribution >= 0.6 is 24.8 Å². The molecule has 0 saturated heterocycles. The number of halogens is 5. The Hall–Kier alpha value is -0.520. The number of hydrogen-bond donors (Lipinski definition) is 1. The number of alkyl halides is 3. The summed E-state index contributed by atoms with van der Waals surface area (Å²) in [6.07, 6.45) is -1.03. The van der Waals surface area contributed by atoms with Crippen LogP contribution < -0.4 is 5.73 Å². The minimum atomic E-state index is -4.37. The molecular weight excluding hydrogens is 276 g/mol. The maximum absolute atomic E-state index is 12.2. The van der Waals surface area contributed by atoms with E-state index in [9.17, 15) is 13.2 Å². The van der Waals surface area contributed by atoms with Crippen molar-refractivity contribution in [2.75, 3.05) is 0 Å². The minimum absolute atomic E-state index is 0.